The molecule has 0 radical (unpaired) electrons. The summed E-state index contributed by atoms with van der Waals surface area (Å²) in [6, 6.07) is 8.77. The van der Waals surface area contributed by atoms with Crippen LogP contribution in [0.25, 0.3) is 0 Å². The van der Waals surface area contributed by atoms with Gasteiger partial charge in [-0.1, -0.05) is 29.3 Å². The summed E-state index contributed by atoms with van der Waals surface area (Å²) in [7, 11) is 0. The Morgan fingerprint density at radius 1 is 1.22 bits per heavy atom. The first kappa shape index (κ1) is 13.1. The van der Waals surface area contributed by atoms with Crippen LogP contribution in [0.5, 0.6) is 0 Å². The van der Waals surface area contributed by atoms with E-state index in [4.69, 9.17) is 23.2 Å². The summed E-state index contributed by atoms with van der Waals surface area (Å²) in [5.74, 6) is -0.599. The third-order valence-electron chi connectivity index (χ3n) is 2.40. The second-order valence-corrected chi connectivity index (χ2v) is 4.69. The highest BCUT2D eigenvalue weighted by atomic mass is 35.5. The molecule has 1 heterocycles. The van der Waals surface area contributed by atoms with Gasteiger partial charge in [0.1, 0.15) is 0 Å². The third kappa shape index (κ3) is 3.12. The van der Waals surface area contributed by atoms with Gasteiger partial charge in [0.05, 0.1) is 22.3 Å². The average Bonchev–Trinajstić information content (AvgIpc) is 2.33. The van der Waals surface area contributed by atoms with Crippen LogP contribution in [0.2, 0.25) is 10.0 Å². The van der Waals surface area contributed by atoms with Crippen molar-refractivity contribution >= 4 is 28.9 Å². The zero-order valence-electron chi connectivity index (χ0n) is 9.67. The minimum Gasteiger partial charge on any atom is -0.379 e. The molecular formula is C13H11Cl2FN2. The second-order valence-electron chi connectivity index (χ2n) is 3.88. The SMILES string of the molecule is Cc1cccc(CNc2cc(Cl)c(F)c(Cl)c2)n1. The lowest BCUT2D eigenvalue weighted by molar-refractivity contribution is 0.629. The summed E-state index contributed by atoms with van der Waals surface area (Å²) in [5, 5.41) is 3.10. The van der Waals surface area contributed by atoms with Gasteiger partial charge in [0.2, 0.25) is 0 Å². The summed E-state index contributed by atoms with van der Waals surface area (Å²) in [5.41, 5.74) is 2.51. The molecule has 2 nitrogen and oxygen atoms in total. The van der Waals surface area contributed by atoms with Crippen molar-refractivity contribution < 1.29 is 4.39 Å². The van der Waals surface area contributed by atoms with Crippen molar-refractivity contribution in [3.8, 4) is 0 Å². The first-order valence-electron chi connectivity index (χ1n) is 5.37. The highest BCUT2D eigenvalue weighted by Crippen LogP contribution is 2.27. The van der Waals surface area contributed by atoms with Crippen molar-refractivity contribution in [1.82, 2.24) is 4.98 Å². The normalized spacial score (nSPS) is 10.4. The van der Waals surface area contributed by atoms with Crippen LogP contribution < -0.4 is 5.32 Å². The number of nitrogens with one attached hydrogen (secondary N) is 1. The van der Waals surface area contributed by atoms with Crippen molar-refractivity contribution in [3.05, 3.63) is 57.6 Å². The Labute approximate surface area is 115 Å². The fourth-order valence-corrected chi connectivity index (χ4v) is 2.04. The van der Waals surface area contributed by atoms with E-state index < -0.39 is 5.82 Å². The van der Waals surface area contributed by atoms with Gasteiger partial charge in [-0.2, -0.15) is 0 Å². The molecule has 0 aliphatic rings. The molecule has 2 aromatic rings. The van der Waals surface area contributed by atoms with Crippen molar-refractivity contribution in [2.45, 2.75) is 13.5 Å². The molecule has 0 fully saturated rings. The number of halogens is 3. The standard InChI is InChI=1S/C13H11Cl2FN2/c1-8-3-2-4-9(18-8)7-17-10-5-11(14)13(16)12(15)6-10/h2-6,17H,7H2,1H3. The van der Waals surface area contributed by atoms with Crippen LogP contribution in [0, 0.1) is 12.7 Å². The lowest BCUT2D eigenvalue weighted by Crippen LogP contribution is -2.02. The lowest BCUT2D eigenvalue weighted by Gasteiger charge is -2.08. The predicted octanol–water partition coefficient (Wildman–Crippen LogP) is 4.45. The Bertz CT molecular complexity index is 550. The molecule has 1 aromatic heterocycles. The Balaban J connectivity index is 2.11. The highest BCUT2D eigenvalue weighted by molar-refractivity contribution is 6.35. The van der Waals surface area contributed by atoms with Crippen LogP contribution in [0.15, 0.2) is 30.3 Å². The number of aryl methyl sites for hydroxylation is 1. The van der Waals surface area contributed by atoms with E-state index in [1.165, 1.54) is 12.1 Å². The molecule has 2 rings (SSSR count). The third-order valence-corrected chi connectivity index (χ3v) is 2.95. The van der Waals surface area contributed by atoms with Crippen LogP contribution in [0.4, 0.5) is 10.1 Å². The van der Waals surface area contributed by atoms with Gasteiger partial charge in [-0.15, -0.1) is 0 Å². The number of nitrogens with zero attached hydrogens (tertiary/aromatic N) is 1. The largest absolute Gasteiger partial charge is 0.379 e. The van der Waals surface area contributed by atoms with Crippen molar-refractivity contribution in [2.24, 2.45) is 0 Å². The van der Waals surface area contributed by atoms with Gasteiger partial charge in [-0.25, -0.2) is 4.39 Å². The molecule has 94 valence electrons. The first-order chi connectivity index (χ1) is 8.56. The number of aromatic nitrogens is 1. The Hall–Kier alpha value is -1.32. The van der Waals surface area contributed by atoms with E-state index in [2.05, 4.69) is 10.3 Å². The topological polar surface area (TPSA) is 24.9 Å². The van der Waals surface area contributed by atoms with Gasteiger partial charge in [0, 0.05) is 11.4 Å². The van der Waals surface area contributed by atoms with E-state index in [0.717, 1.165) is 11.4 Å². The summed E-state index contributed by atoms with van der Waals surface area (Å²) in [4.78, 5) is 4.35. The molecule has 0 spiro atoms. The van der Waals surface area contributed by atoms with Crippen LogP contribution >= 0.6 is 23.2 Å². The molecule has 18 heavy (non-hydrogen) atoms. The maximum absolute atomic E-state index is 13.2. The van der Waals surface area contributed by atoms with Gasteiger partial charge >= 0.3 is 0 Å². The minimum atomic E-state index is -0.599. The molecule has 0 aliphatic heterocycles. The van der Waals surface area contributed by atoms with Crippen molar-refractivity contribution in [2.75, 3.05) is 5.32 Å². The van der Waals surface area contributed by atoms with E-state index in [-0.39, 0.29) is 10.0 Å². The number of hydrogen-bond donors (Lipinski definition) is 1. The van der Waals surface area contributed by atoms with Gasteiger partial charge in [0.15, 0.2) is 5.82 Å². The minimum absolute atomic E-state index is 0.00204. The number of anilines is 1. The maximum atomic E-state index is 13.2. The molecule has 1 N–H and O–H groups in total. The molecule has 0 unspecified atom stereocenters. The zero-order chi connectivity index (χ0) is 13.1. The quantitative estimate of drug-likeness (QED) is 0.843. The molecule has 0 bridgehead atoms. The number of hydrogen-bond acceptors (Lipinski definition) is 2. The molecule has 0 aliphatic carbocycles. The molecular weight excluding hydrogens is 274 g/mol. The number of pyridine rings is 1. The van der Waals surface area contributed by atoms with E-state index >= 15 is 0 Å². The average molecular weight is 285 g/mol. The second kappa shape index (κ2) is 5.55. The fourth-order valence-electron chi connectivity index (χ4n) is 1.55. The van der Waals surface area contributed by atoms with Crippen molar-refractivity contribution in [1.29, 1.82) is 0 Å². The predicted molar refractivity (Wildman–Crippen MR) is 72.7 cm³/mol. The molecule has 0 saturated carbocycles. The van der Waals surface area contributed by atoms with E-state index in [0.29, 0.717) is 12.2 Å². The maximum Gasteiger partial charge on any atom is 0.160 e. The lowest BCUT2D eigenvalue weighted by atomic mass is 10.2. The van der Waals surface area contributed by atoms with Crippen LogP contribution in [-0.2, 0) is 6.54 Å². The Morgan fingerprint density at radius 2 is 1.89 bits per heavy atom. The Morgan fingerprint density at radius 3 is 2.50 bits per heavy atom. The van der Waals surface area contributed by atoms with Gasteiger partial charge in [-0.05, 0) is 31.2 Å². The highest BCUT2D eigenvalue weighted by Gasteiger charge is 2.07. The monoisotopic (exact) mass is 284 g/mol. The number of rotatable bonds is 3. The number of benzene rings is 1. The van der Waals surface area contributed by atoms with Gasteiger partial charge < -0.3 is 5.32 Å². The first-order valence-corrected chi connectivity index (χ1v) is 6.13. The summed E-state index contributed by atoms with van der Waals surface area (Å²) >= 11 is 11.4. The van der Waals surface area contributed by atoms with E-state index in [9.17, 15) is 4.39 Å². The van der Waals surface area contributed by atoms with Crippen LogP contribution in [-0.4, -0.2) is 4.98 Å². The van der Waals surface area contributed by atoms with Crippen molar-refractivity contribution in [3.63, 3.8) is 0 Å². The molecule has 5 heteroatoms. The zero-order valence-corrected chi connectivity index (χ0v) is 11.2. The van der Waals surface area contributed by atoms with Gasteiger partial charge in [0.25, 0.3) is 0 Å². The summed E-state index contributed by atoms with van der Waals surface area (Å²) in [6.07, 6.45) is 0. The molecule has 0 amide bonds. The van der Waals surface area contributed by atoms with Crippen LogP contribution in [0.1, 0.15) is 11.4 Å². The van der Waals surface area contributed by atoms with E-state index in [1.54, 1.807) is 0 Å². The molecule has 0 saturated heterocycles. The van der Waals surface area contributed by atoms with Crippen LogP contribution in [0.3, 0.4) is 0 Å². The molecule has 0 atom stereocenters. The fraction of sp³-hybridized carbons (Fsp3) is 0.154. The summed E-state index contributed by atoms with van der Waals surface area (Å²) < 4.78 is 13.2. The summed E-state index contributed by atoms with van der Waals surface area (Å²) in [6.45, 7) is 2.45. The molecule has 1 aromatic carbocycles. The van der Waals surface area contributed by atoms with E-state index in [1.807, 2.05) is 25.1 Å². The Kier molecular flexibility index (Phi) is 4.04. The smallest absolute Gasteiger partial charge is 0.160 e. The van der Waals surface area contributed by atoms with Gasteiger partial charge in [-0.3, -0.25) is 4.98 Å².